The van der Waals surface area contributed by atoms with Crippen molar-refractivity contribution < 1.29 is 4.74 Å². The zero-order valence-corrected chi connectivity index (χ0v) is 11.3. The lowest BCUT2D eigenvalue weighted by Crippen LogP contribution is -2.39. The van der Waals surface area contributed by atoms with E-state index in [1.54, 1.807) is 0 Å². The number of benzene rings is 1. The molecule has 1 aliphatic carbocycles. The van der Waals surface area contributed by atoms with Crippen LogP contribution in [0.3, 0.4) is 0 Å². The van der Waals surface area contributed by atoms with Gasteiger partial charge in [0.15, 0.2) is 5.96 Å². The summed E-state index contributed by atoms with van der Waals surface area (Å²) in [6.45, 7) is 2.04. The number of guanidine groups is 1. The Morgan fingerprint density at radius 3 is 2.84 bits per heavy atom. The quantitative estimate of drug-likeness (QED) is 0.633. The molecule has 0 bridgehead atoms. The fraction of sp³-hybridized carbons (Fsp3) is 0.533. The van der Waals surface area contributed by atoms with E-state index in [9.17, 15) is 0 Å². The Hall–Kier alpha value is -1.71. The zero-order chi connectivity index (χ0) is 13.2. The highest BCUT2D eigenvalue weighted by molar-refractivity contribution is 5.78. The van der Waals surface area contributed by atoms with Crippen molar-refractivity contribution in [3.8, 4) is 5.75 Å². The number of hydrogen-bond donors (Lipinski definition) is 2. The predicted molar refractivity (Wildman–Crippen MR) is 76.3 cm³/mol. The van der Waals surface area contributed by atoms with Crippen molar-refractivity contribution in [1.29, 1.82) is 0 Å². The molecule has 4 heteroatoms. The molecule has 1 aliphatic heterocycles. The molecule has 19 heavy (non-hydrogen) atoms. The van der Waals surface area contributed by atoms with Gasteiger partial charge in [0.2, 0.25) is 0 Å². The first-order valence-corrected chi connectivity index (χ1v) is 7.09. The Kier molecular flexibility index (Phi) is 3.32. The first-order valence-electron chi connectivity index (χ1n) is 7.09. The van der Waals surface area contributed by atoms with Gasteiger partial charge >= 0.3 is 0 Å². The van der Waals surface area contributed by atoms with Crippen LogP contribution in [0.15, 0.2) is 29.3 Å². The highest BCUT2D eigenvalue weighted by Gasteiger charge is 2.31. The summed E-state index contributed by atoms with van der Waals surface area (Å²) in [4.78, 5) is 4.62. The molecular weight excluding hydrogens is 238 g/mol. The van der Waals surface area contributed by atoms with Gasteiger partial charge in [0, 0.05) is 11.6 Å². The molecule has 2 atom stereocenters. The van der Waals surface area contributed by atoms with Crippen LogP contribution in [0.5, 0.6) is 5.75 Å². The number of nitrogens with two attached hydrogens (primary N) is 1. The monoisotopic (exact) mass is 259 g/mol. The number of ether oxygens (including phenoxy) is 1. The normalized spacial score (nSPS) is 27.1. The maximum atomic E-state index is 6.04. The SMILES string of the molecule is CC1Oc2ccccc2C1N=C(N)NC1CCCC1. The van der Waals surface area contributed by atoms with Crippen LogP contribution in [0.25, 0.3) is 0 Å². The fourth-order valence-electron chi connectivity index (χ4n) is 2.99. The summed E-state index contributed by atoms with van der Waals surface area (Å²) >= 11 is 0. The minimum Gasteiger partial charge on any atom is -0.488 e. The number of fused-ring (bicyclic) bond motifs is 1. The molecule has 1 heterocycles. The highest BCUT2D eigenvalue weighted by atomic mass is 16.5. The highest BCUT2D eigenvalue weighted by Crippen LogP contribution is 2.38. The van der Waals surface area contributed by atoms with E-state index >= 15 is 0 Å². The fourth-order valence-corrected chi connectivity index (χ4v) is 2.99. The van der Waals surface area contributed by atoms with E-state index < -0.39 is 0 Å². The Morgan fingerprint density at radius 2 is 2.05 bits per heavy atom. The van der Waals surface area contributed by atoms with Crippen LogP contribution in [0.4, 0.5) is 0 Å². The summed E-state index contributed by atoms with van der Waals surface area (Å²) in [5.41, 5.74) is 7.17. The van der Waals surface area contributed by atoms with Gasteiger partial charge in [-0.2, -0.15) is 0 Å². The molecule has 0 radical (unpaired) electrons. The van der Waals surface area contributed by atoms with Gasteiger partial charge in [0.25, 0.3) is 0 Å². The molecule has 1 aromatic carbocycles. The average molecular weight is 259 g/mol. The minimum atomic E-state index is 0.00473. The number of para-hydroxylation sites is 1. The topological polar surface area (TPSA) is 59.6 Å². The van der Waals surface area contributed by atoms with Crippen LogP contribution in [0.2, 0.25) is 0 Å². The molecule has 1 saturated carbocycles. The maximum Gasteiger partial charge on any atom is 0.189 e. The van der Waals surface area contributed by atoms with Gasteiger partial charge < -0.3 is 15.8 Å². The first kappa shape index (κ1) is 12.3. The molecule has 0 amide bonds. The molecule has 0 aromatic heterocycles. The third-order valence-corrected chi connectivity index (χ3v) is 3.98. The Labute approximate surface area is 114 Å². The van der Waals surface area contributed by atoms with Crippen molar-refractivity contribution >= 4 is 5.96 Å². The van der Waals surface area contributed by atoms with Crippen LogP contribution in [-0.2, 0) is 0 Å². The molecule has 2 aliphatic rings. The summed E-state index contributed by atoms with van der Waals surface area (Å²) in [6.07, 6.45) is 5.02. The van der Waals surface area contributed by atoms with Gasteiger partial charge in [-0.15, -0.1) is 0 Å². The second kappa shape index (κ2) is 5.11. The van der Waals surface area contributed by atoms with Gasteiger partial charge in [0.05, 0.1) is 0 Å². The number of nitrogens with one attached hydrogen (secondary N) is 1. The molecule has 1 fully saturated rings. The van der Waals surface area contributed by atoms with E-state index in [1.165, 1.54) is 25.7 Å². The van der Waals surface area contributed by atoms with E-state index in [0.29, 0.717) is 12.0 Å². The molecule has 0 spiro atoms. The summed E-state index contributed by atoms with van der Waals surface area (Å²) < 4.78 is 5.80. The standard InChI is InChI=1S/C15H21N3O/c1-10-14(12-8-4-5-9-13(12)19-10)18-15(16)17-11-6-2-3-7-11/h4-5,8-11,14H,2-3,6-7H2,1H3,(H3,16,17,18). The van der Waals surface area contributed by atoms with E-state index in [-0.39, 0.29) is 12.1 Å². The summed E-state index contributed by atoms with van der Waals surface area (Å²) in [5, 5.41) is 3.33. The van der Waals surface area contributed by atoms with Crippen molar-refractivity contribution in [1.82, 2.24) is 5.32 Å². The number of nitrogens with zero attached hydrogens (tertiary/aromatic N) is 1. The van der Waals surface area contributed by atoms with Crippen LogP contribution in [0, 0.1) is 0 Å². The number of rotatable bonds is 2. The van der Waals surface area contributed by atoms with Crippen LogP contribution >= 0.6 is 0 Å². The van der Waals surface area contributed by atoms with E-state index in [1.807, 2.05) is 25.1 Å². The van der Waals surface area contributed by atoms with Crippen LogP contribution in [-0.4, -0.2) is 18.1 Å². The van der Waals surface area contributed by atoms with E-state index in [2.05, 4.69) is 16.4 Å². The summed E-state index contributed by atoms with van der Waals surface area (Å²) in [7, 11) is 0. The van der Waals surface area contributed by atoms with Gasteiger partial charge in [0.1, 0.15) is 17.9 Å². The van der Waals surface area contributed by atoms with Gasteiger partial charge in [-0.25, -0.2) is 4.99 Å². The lowest BCUT2D eigenvalue weighted by molar-refractivity contribution is 0.229. The molecule has 4 nitrogen and oxygen atoms in total. The molecule has 0 saturated heterocycles. The lowest BCUT2D eigenvalue weighted by Gasteiger charge is -2.15. The first-order chi connectivity index (χ1) is 9.24. The second-order valence-electron chi connectivity index (χ2n) is 5.45. The maximum absolute atomic E-state index is 6.04. The minimum absolute atomic E-state index is 0.00473. The summed E-state index contributed by atoms with van der Waals surface area (Å²) in [5.74, 6) is 1.47. The predicted octanol–water partition coefficient (Wildman–Crippen LogP) is 2.36. The van der Waals surface area contributed by atoms with Crippen molar-refractivity contribution in [3.05, 3.63) is 29.8 Å². The Balaban J connectivity index is 1.74. The molecule has 3 rings (SSSR count). The lowest BCUT2D eigenvalue weighted by atomic mass is 10.1. The smallest absolute Gasteiger partial charge is 0.189 e. The average Bonchev–Trinajstić information content (AvgIpc) is 2.99. The zero-order valence-electron chi connectivity index (χ0n) is 11.3. The molecular formula is C15H21N3O. The van der Waals surface area contributed by atoms with E-state index in [4.69, 9.17) is 10.5 Å². The van der Waals surface area contributed by atoms with Crippen molar-refractivity contribution in [2.45, 2.75) is 50.8 Å². The van der Waals surface area contributed by atoms with E-state index in [0.717, 1.165) is 11.3 Å². The molecule has 1 aromatic rings. The third-order valence-electron chi connectivity index (χ3n) is 3.98. The van der Waals surface area contributed by atoms with Crippen molar-refractivity contribution in [3.63, 3.8) is 0 Å². The third kappa shape index (κ3) is 2.53. The van der Waals surface area contributed by atoms with Crippen LogP contribution in [0.1, 0.15) is 44.2 Å². The Bertz CT molecular complexity index is 480. The van der Waals surface area contributed by atoms with Gasteiger partial charge in [-0.1, -0.05) is 31.0 Å². The van der Waals surface area contributed by atoms with Gasteiger partial charge in [-0.05, 0) is 25.8 Å². The van der Waals surface area contributed by atoms with Crippen LogP contribution < -0.4 is 15.8 Å². The molecule has 2 unspecified atom stereocenters. The van der Waals surface area contributed by atoms with Crippen molar-refractivity contribution in [2.24, 2.45) is 10.7 Å². The Morgan fingerprint density at radius 1 is 1.32 bits per heavy atom. The second-order valence-corrected chi connectivity index (χ2v) is 5.45. The summed E-state index contributed by atoms with van der Waals surface area (Å²) in [6, 6.07) is 8.56. The van der Waals surface area contributed by atoms with Crippen molar-refractivity contribution in [2.75, 3.05) is 0 Å². The number of aliphatic imine (C=N–C) groups is 1. The molecule has 102 valence electrons. The molecule has 3 N–H and O–H groups in total. The van der Waals surface area contributed by atoms with Gasteiger partial charge in [-0.3, -0.25) is 0 Å². The largest absolute Gasteiger partial charge is 0.488 e. The number of hydrogen-bond acceptors (Lipinski definition) is 2.